The highest BCUT2D eigenvalue weighted by Gasteiger charge is 2.05. The van der Waals surface area contributed by atoms with Crippen LogP contribution in [0.2, 0.25) is 5.02 Å². The molecule has 0 bridgehead atoms. The molecule has 20 heavy (non-hydrogen) atoms. The van der Waals surface area contributed by atoms with Crippen LogP contribution in [0.5, 0.6) is 5.75 Å². The summed E-state index contributed by atoms with van der Waals surface area (Å²) in [7, 11) is 0. The number of aliphatic hydroxyl groups is 1. The Bertz CT molecular complexity index is 555. The Labute approximate surface area is 123 Å². The van der Waals surface area contributed by atoms with E-state index in [1.807, 2.05) is 30.3 Å². The number of phenols is 1. The number of phenolic OH excluding ortho intramolecular Hbond substituents is 1. The lowest BCUT2D eigenvalue weighted by molar-refractivity contribution is 0.280. The predicted molar refractivity (Wildman–Crippen MR) is 80.9 cm³/mol. The van der Waals surface area contributed by atoms with Gasteiger partial charge in [0.2, 0.25) is 0 Å². The van der Waals surface area contributed by atoms with Gasteiger partial charge in [0.05, 0.1) is 6.61 Å². The Morgan fingerprint density at radius 2 is 1.80 bits per heavy atom. The lowest BCUT2D eigenvalue weighted by atomic mass is 10.1. The molecule has 0 fully saturated rings. The highest BCUT2D eigenvalue weighted by atomic mass is 35.5. The van der Waals surface area contributed by atoms with E-state index in [4.69, 9.17) is 11.6 Å². The number of hydrogen-bond donors (Lipinski definition) is 3. The lowest BCUT2D eigenvalue weighted by Crippen LogP contribution is -2.18. The molecule has 0 saturated carbocycles. The van der Waals surface area contributed by atoms with E-state index in [1.165, 1.54) is 0 Å². The summed E-state index contributed by atoms with van der Waals surface area (Å²) >= 11 is 6.14. The summed E-state index contributed by atoms with van der Waals surface area (Å²) in [6.07, 6.45) is 0.874. The van der Waals surface area contributed by atoms with E-state index in [2.05, 4.69) is 5.32 Å². The second kappa shape index (κ2) is 7.29. The number of aliphatic hydroxyl groups excluding tert-OH is 1. The van der Waals surface area contributed by atoms with Gasteiger partial charge in [0.25, 0.3) is 0 Å². The molecule has 0 atom stereocenters. The molecule has 106 valence electrons. The fourth-order valence-electron chi connectivity index (χ4n) is 2.06. The molecule has 0 spiro atoms. The maximum atomic E-state index is 9.29. The van der Waals surface area contributed by atoms with Crippen molar-refractivity contribution in [3.05, 3.63) is 64.2 Å². The van der Waals surface area contributed by atoms with Crippen molar-refractivity contribution >= 4 is 11.6 Å². The van der Waals surface area contributed by atoms with Gasteiger partial charge in [-0.05, 0) is 47.9 Å². The van der Waals surface area contributed by atoms with E-state index in [1.54, 1.807) is 12.1 Å². The highest BCUT2D eigenvalue weighted by molar-refractivity contribution is 6.31. The molecule has 0 aromatic heterocycles. The normalized spacial score (nSPS) is 10.7. The van der Waals surface area contributed by atoms with Crippen molar-refractivity contribution in [2.45, 2.75) is 19.6 Å². The van der Waals surface area contributed by atoms with E-state index in [-0.39, 0.29) is 12.4 Å². The summed E-state index contributed by atoms with van der Waals surface area (Å²) in [5.41, 5.74) is 2.97. The van der Waals surface area contributed by atoms with Gasteiger partial charge in [0.1, 0.15) is 5.75 Å². The summed E-state index contributed by atoms with van der Waals surface area (Å²) in [6, 6.07) is 12.7. The van der Waals surface area contributed by atoms with Crippen molar-refractivity contribution in [3.63, 3.8) is 0 Å². The summed E-state index contributed by atoms with van der Waals surface area (Å²) < 4.78 is 0. The number of aromatic hydroxyl groups is 1. The monoisotopic (exact) mass is 291 g/mol. The van der Waals surface area contributed by atoms with Crippen LogP contribution in [0.15, 0.2) is 42.5 Å². The minimum absolute atomic E-state index is 0.00443. The number of nitrogens with one attached hydrogen (secondary N) is 1. The van der Waals surface area contributed by atoms with Crippen LogP contribution in [0.4, 0.5) is 0 Å². The molecule has 0 radical (unpaired) electrons. The van der Waals surface area contributed by atoms with Gasteiger partial charge in [-0.1, -0.05) is 35.9 Å². The third-order valence-electron chi connectivity index (χ3n) is 3.21. The van der Waals surface area contributed by atoms with Crippen molar-refractivity contribution in [2.75, 3.05) is 6.54 Å². The first-order chi connectivity index (χ1) is 9.70. The van der Waals surface area contributed by atoms with Crippen LogP contribution >= 0.6 is 11.6 Å². The van der Waals surface area contributed by atoms with Crippen LogP contribution in [0.25, 0.3) is 0 Å². The number of hydrogen-bond acceptors (Lipinski definition) is 3. The molecular weight excluding hydrogens is 274 g/mol. The molecule has 2 aromatic carbocycles. The molecule has 0 unspecified atom stereocenters. The van der Waals surface area contributed by atoms with Crippen molar-refractivity contribution in [1.82, 2.24) is 5.32 Å². The first kappa shape index (κ1) is 14.9. The largest absolute Gasteiger partial charge is 0.508 e. The van der Waals surface area contributed by atoms with Gasteiger partial charge in [-0.25, -0.2) is 0 Å². The molecule has 3 nitrogen and oxygen atoms in total. The summed E-state index contributed by atoms with van der Waals surface area (Å²) in [5.74, 6) is 0.283. The van der Waals surface area contributed by atoms with E-state index in [9.17, 15) is 10.2 Å². The average molecular weight is 292 g/mol. The van der Waals surface area contributed by atoms with Crippen LogP contribution in [-0.4, -0.2) is 16.8 Å². The smallest absolute Gasteiger partial charge is 0.115 e. The fourth-order valence-corrected chi connectivity index (χ4v) is 2.32. The van der Waals surface area contributed by atoms with Crippen molar-refractivity contribution < 1.29 is 10.2 Å². The SMILES string of the molecule is OCc1cccc(Cl)c1CNCCc1ccc(O)cc1. The third-order valence-corrected chi connectivity index (χ3v) is 3.57. The second-order valence-corrected chi connectivity index (χ2v) is 5.04. The van der Waals surface area contributed by atoms with Crippen molar-refractivity contribution in [1.29, 1.82) is 0 Å². The van der Waals surface area contributed by atoms with Crippen LogP contribution in [-0.2, 0) is 19.6 Å². The maximum absolute atomic E-state index is 9.29. The predicted octanol–water partition coefficient (Wildman–Crippen LogP) is 2.87. The molecule has 0 saturated heterocycles. The van der Waals surface area contributed by atoms with Gasteiger partial charge in [-0.15, -0.1) is 0 Å². The molecule has 0 aliphatic carbocycles. The van der Waals surface area contributed by atoms with E-state index >= 15 is 0 Å². The Kier molecular flexibility index (Phi) is 5.41. The molecule has 2 rings (SSSR count). The van der Waals surface area contributed by atoms with Crippen LogP contribution in [0.1, 0.15) is 16.7 Å². The van der Waals surface area contributed by atoms with Gasteiger partial charge in [0, 0.05) is 11.6 Å². The molecule has 3 N–H and O–H groups in total. The number of halogens is 1. The van der Waals surface area contributed by atoms with Crippen molar-refractivity contribution in [3.8, 4) is 5.75 Å². The zero-order valence-electron chi connectivity index (χ0n) is 11.1. The first-order valence-corrected chi connectivity index (χ1v) is 6.94. The zero-order valence-corrected chi connectivity index (χ0v) is 11.9. The van der Waals surface area contributed by atoms with Gasteiger partial charge in [-0.3, -0.25) is 0 Å². The highest BCUT2D eigenvalue weighted by Crippen LogP contribution is 2.20. The van der Waals surface area contributed by atoms with Gasteiger partial charge in [-0.2, -0.15) is 0 Å². The molecule has 0 aliphatic rings. The maximum Gasteiger partial charge on any atom is 0.115 e. The molecule has 0 aliphatic heterocycles. The Morgan fingerprint density at radius 3 is 2.50 bits per heavy atom. The standard InChI is InChI=1S/C16H18ClNO2/c17-16-3-1-2-13(11-19)15(16)10-18-9-8-12-4-6-14(20)7-5-12/h1-7,18-20H,8-11H2. The van der Waals surface area contributed by atoms with E-state index < -0.39 is 0 Å². The van der Waals surface area contributed by atoms with E-state index in [0.717, 1.165) is 29.7 Å². The summed E-state index contributed by atoms with van der Waals surface area (Å²) in [5, 5.41) is 22.5. The van der Waals surface area contributed by atoms with Crippen molar-refractivity contribution in [2.24, 2.45) is 0 Å². The lowest BCUT2D eigenvalue weighted by Gasteiger charge is -2.11. The number of rotatable bonds is 6. The van der Waals surface area contributed by atoms with Gasteiger partial charge >= 0.3 is 0 Å². The summed E-state index contributed by atoms with van der Waals surface area (Å²) in [4.78, 5) is 0. The average Bonchev–Trinajstić information content (AvgIpc) is 2.46. The molecule has 2 aromatic rings. The minimum atomic E-state index is -0.00443. The first-order valence-electron chi connectivity index (χ1n) is 6.56. The van der Waals surface area contributed by atoms with Gasteiger partial charge < -0.3 is 15.5 Å². The fraction of sp³-hybridized carbons (Fsp3) is 0.250. The topological polar surface area (TPSA) is 52.5 Å². The van der Waals surface area contributed by atoms with E-state index in [0.29, 0.717) is 11.6 Å². The zero-order chi connectivity index (χ0) is 14.4. The minimum Gasteiger partial charge on any atom is -0.508 e. The molecule has 0 amide bonds. The summed E-state index contributed by atoms with van der Waals surface area (Å²) in [6.45, 7) is 1.43. The van der Waals surface area contributed by atoms with Crippen LogP contribution < -0.4 is 5.32 Å². The second-order valence-electron chi connectivity index (χ2n) is 4.63. The quantitative estimate of drug-likeness (QED) is 0.717. The van der Waals surface area contributed by atoms with Crippen LogP contribution in [0.3, 0.4) is 0 Å². The van der Waals surface area contributed by atoms with Crippen LogP contribution in [0, 0.1) is 0 Å². The third kappa shape index (κ3) is 3.97. The Morgan fingerprint density at radius 1 is 1.05 bits per heavy atom. The molecule has 4 heteroatoms. The number of benzene rings is 2. The Balaban J connectivity index is 1.86. The molecular formula is C16H18ClNO2. The Hall–Kier alpha value is -1.55. The van der Waals surface area contributed by atoms with Gasteiger partial charge in [0.15, 0.2) is 0 Å². The molecule has 0 heterocycles.